The molecular weight excluding hydrogens is 414 g/mol. The molecule has 33 heavy (non-hydrogen) atoms. The highest BCUT2D eigenvalue weighted by Gasteiger charge is 2.41. The van der Waals surface area contributed by atoms with Crippen LogP contribution >= 0.6 is 0 Å². The highest BCUT2D eigenvalue weighted by molar-refractivity contribution is 5.82. The highest BCUT2D eigenvalue weighted by Crippen LogP contribution is 2.46. The third-order valence-corrected chi connectivity index (χ3v) is 8.00. The van der Waals surface area contributed by atoms with E-state index in [0.29, 0.717) is 36.9 Å². The van der Waals surface area contributed by atoms with E-state index in [9.17, 15) is 9.90 Å². The van der Waals surface area contributed by atoms with Crippen molar-refractivity contribution in [2.45, 2.75) is 88.8 Å². The van der Waals surface area contributed by atoms with E-state index in [1.807, 2.05) is 0 Å². The molecule has 5 rings (SSSR count). The molecule has 4 atom stereocenters. The summed E-state index contributed by atoms with van der Waals surface area (Å²) in [6.07, 6.45) is 11.7. The van der Waals surface area contributed by atoms with Crippen molar-refractivity contribution in [2.24, 2.45) is 5.92 Å². The summed E-state index contributed by atoms with van der Waals surface area (Å²) in [5, 5.41) is 12.7. The highest BCUT2D eigenvalue weighted by atomic mass is 16.5. The maximum Gasteiger partial charge on any atom is 0.253 e. The van der Waals surface area contributed by atoms with Gasteiger partial charge in [-0.1, -0.05) is 19.1 Å². The summed E-state index contributed by atoms with van der Waals surface area (Å²) in [5.74, 6) is 1.59. The van der Waals surface area contributed by atoms with Crippen molar-refractivity contribution in [3.8, 4) is 0 Å². The molecule has 2 heterocycles. The van der Waals surface area contributed by atoms with Crippen LogP contribution in [0.5, 0.6) is 0 Å². The maximum atomic E-state index is 13.5. The zero-order valence-electron chi connectivity index (χ0n) is 20.1. The van der Waals surface area contributed by atoms with E-state index in [4.69, 9.17) is 9.72 Å². The zero-order valence-corrected chi connectivity index (χ0v) is 20.1. The molecule has 2 unspecified atom stereocenters. The first kappa shape index (κ1) is 23.0. The third-order valence-electron chi connectivity index (χ3n) is 8.00. The summed E-state index contributed by atoms with van der Waals surface area (Å²) in [7, 11) is 0. The second kappa shape index (κ2) is 9.85. The Bertz CT molecular complexity index is 887. The van der Waals surface area contributed by atoms with E-state index in [0.717, 1.165) is 44.3 Å². The smallest absolute Gasteiger partial charge is 0.253 e. The van der Waals surface area contributed by atoms with Crippen LogP contribution in [0.3, 0.4) is 0 Å². The Labute approximate surface area is 197 Å². The van der Waals surface area contributed by atoms with Crippen molar-refractivity contribution < 1.29 is 14.6 Å². The molecule has 3 aliphatic carbocycles. The van der Waals surface area contributed by atoms with Gasteiger partial charge in [-0.05, 0) is 80.9 Å². The van der Waals surface area contributed by atoms with Crippen LogP contribution in [0.2, 0.25) is 0 Å². The van der Waals surface area contributed by atoms with Crippen molar-refractivity contribution in [3.05, 3.63) is 34.7 Å². The van der Waals surface area contributed by atoms with Crippen molar-refractivity contribution in [3.63, 3.8) is 0 Å². The normalized spacial score (nSPS) is 28.2. The minimum Gasteiger partial charge on any atom is -0.396 e. The first-order chi connectivity index (χ1) is 16.1. The predicted molar refractivity (Wildman–Crippen MR) is 129 cm³/mol. The number of rotatable bonds is 8. The van der Waals surface area contributed by atoms with Gasteiger partial charge in [-0.15, -0.1) is 0 Å². The number of carbonyl (C=O) groups is 1. The van der Waals surface area contributed by atoms with Crippen LogP contribution in [-0.4, -0.2) is 59.3 Å². The maximum absolute atomic E-state index is 13.5. The Morgan fingerprint density at radius 2 is 2.15 bits per heavy atom. The fourth-order valence-electron chi connectivity index (χ4n) is 5.67. The lowest BCUT2D eigenvalue weighted by Crippen LogP contribution is -2.50. The molecular formula is C27H39N3O3. The molecule has 180 valence electrons. The van der Waals surface area contributed by atoms with E-state index in [1.54, 1.807) is 0 Å². The van der Waals surface area contributed by atoms with E-state index < -0.39 is 6.10 Å². The molecule has 1 aliphatic heterocycles. The van der Waals surface area contributed by atoms with Gasteiger partial charge in [0.15, 0.2) is 0 Å². The van der Waals surface area contributed by atoms with Crippen LogP contribution in [0.15, 0.2) is 12.1 Å². The van der Waals surface area contributed by atoms with Gasteiger partial charge in [0.1, 0.15) is 6.10 Å². The van der Waals surface area contributed by atoms with Crippen LogP contribution in [0.4, 0.5) is 0 Å². The average molecular weight is 454 g/mol. The van der Waals surface area contributed by atoms with Gasteiger partial charge in [0.05, 0.1) is 24.0 Å². The van der Waals surface area contributed by atoms with Crippen LogP contribution in [0.1, 0.15) is 99.2 Å². The number of nitrogens with zero attached hydrogens (tertiary/aromatic N) is 2. The van der Waals surface area contributed by atoms with Crippen molar-refractivity contribution in [1.29, 1.82) is 0 Å². The third kappa shape index (κ3) is 4.89. The van der Waals surface area contributed by atoms with E-state index in [1.165, 1.54) is 29.7 Å². The predicted octanol–water partition coefficient (Wildman–Crippen LogP) is 3.91. The van der Waals surface area contributed by atoms with Gasteiger partial charge in [-0.25, -0.2) is 0 Å². The van der Waals surface area contributed by atoms with E-state index >= 15 is 0 Å². The molecule has 0 aromatic carbocycles. The quantitative estimate of drug-likeness (QED) is 0.624. The number of amides is 1. The summed E-state index contributed by atoms with van der Waals surface area (Å²) in [6.45, 7) is 6.73. The number of nitrogens with one attached hydrogen (secondary N) is 1. The number of hydrogen-bond donors (Lipinski definition) is 2. The largest absolute Gasteiger partial charge is 0.396 e. The van der Waals surface area contributed by atoms with E-state index in [2.05, 4.69) is 42.3 Å². The Morgan fingerprint density at radius 1 is 1.33 bits per heavy atom. The molecule has 1 amide bonds. The Kier molecular flexibility index (Phi) is 6.86. The summed E-state index contributed by atoms with van der Waals surface area (Å²) in [6, 6.07) is 2.53. The fourth-order valence-corrected chi connectivity index (χ4v) is 5.67. The van der Waals surface area contributed by atoms with Gasteiger partial charge in [-0.3, -0.25) is 9.78 Å². The molecule has 0 bridgehead atoms. The number of aliphatic hydroxyl groups excluding tert-OH is 1. The average Bonchev–Trinajstić information content (AvgIpc) is 3.74. The molecule has 0 spiro atoms. The van der Waals surface area contributed by atoms with Gasteiger partial charge in [-0.2, -0.15) is 0 Å². The lowest BCUT2D eigenvalue weighted by Gasteiger charge is -2.34. The number of allylic oxidation sites excluding steroid dienone is 1. The molecule has 2 N–H and O–H groups in total. The fraction of sp³-hybridized carbons (Fsp3) is 0.704. The molecule has 6 heteroatoms. The number of morpholine rings is 1. The van der Waals surface area contributed by atoms with Crippen molar-refractivity contribution in [2.75, 3.05) is 26.3 Å². The second-order valence-corrected chi connectivity index (χ2v) is 10.5. The number of aromatic nitrogens is 1. The first-order valence-electron chi connectivity index (χ1n) is 13.0. The summed E-state index contributed by atoms with van der Waals surface area (Å²) in [4.78, 5) is 20.8. The number of hydrogen-bond acceptors (Lipinski definition) is 5. The lowest BCUT2D eigenvalue weighted by molar-refractivity contribution is -0.148. The second-order valence-electron chi connectivity index (χ2n) is 10.5. The molecule has 3 fully saturated rings. The molecule has 2 saturated carbocycles. The molecule has 1 saturated heterocycles. The first-order valence-corrected chi connectivity index (χ1v) is 13.0. The molecule has 1 aromatic heterocycles. The SMILES string of the molecule is CC1c2cc([C@@H](C)N(C(=O)[C@H]3CNCCO3)C3CC3)nc(C3CC3)c2C=CCC1CCCO. The number of pyridine rings is 1. The lowest BCUT2D eigenvalue weighted by atomic mass is 9.81. The minimum atomic E-state index is -0.393. The summed E-state index contributed by atoms with van der Waals surface area (Å²) < 4.78 is 5.83. The van der Waals surface area contributed by atoms with Crippen LogP contribution in [-0.2, 0) is 9.53 Å². The van der Waals surface area contributed by atoms with E-state index in [-0.39, 0.29) is 18.6 Å². The molecule has 4 aliphatic rings. The zero-order chi connectivity index (χ0) is 22.9. The van der Waals surface area contributed by atoms with Gasteiger partial charge in [0.2, 0.25) is 0 Å². The number of fused-ring (bicyclic) bond motifs is 1. The number of carbonyl (C=O) groups excluding carboxylic acids is 1. The van der Waals surface area contributed by atoms with Gasteiger partial charge in [0.25, 0.3) is 5.91 Å². The van der Waals surface area contributed by atoms with Gasteiger partial charge >= 0.3 is 0 Å². The Balaban J connectivity index is 1.48. The van der Waals surface area contributed by atoms with Crippen molar-refractivity contribution in [1.82, 2.24) is 15.2 Å². The molecule has 6 nitrogen and oxygen atoms in total. The monoisotopic (exact) mass is 453 g/mol. The molecule has 0 radical (unpaired) electrons. The van der Waals surface area contributed by atoms with Crippen LogP contribution < -0.4 is 5.32 Å². The Hall–Kier alpha value is -1.76. The Morgan fingerprint density at radius 3 is 2.82 bits per heavy atom. The van der Waals surface area contributed by atoms with Crippen molar-refractivity contribution >= 4 is 12.0 Å². The molecule has 1 aromatic rings. The standard InChI is InChI=1S/C27H39N3O3/c1-17-19(6-4-13-31)5-3-7-22-23(17)15-24(29-26(22)20-8-9-20)18(2)30(21-10-11-21)27(32)25-16-28-12-14-33-25/h3,7,15,17-21,25,28,31H,4-6,8-14,16H2,1-2H3/t17?,18-,19?,25-/m1/s1. The topological polar surface area (TPSA) is 74.7 Å². The minimum absolute atomic E-state index is 0.0614. The van der Waals surface area contributed by atoms with Gasteiger partial charge in [0, 0.05) is 31.7 Å². The number of aliphatic hydroxyl groups is 1. The van der Waals surface area contributed by atoms with Crippen LogP contribution in [0, 0.1) is 5.92 Å². The summed E-state index contributed by atoms with van der Waals surface area (Å²) in [5.41, 5.74) is 4.96. The van der Waals surface area contributed by atoms with Gasteiger partial charge < -0.3 is 20.1 Å². The van der Waals surface area contributed by atoms with Crippen LogP contribution in [0.25, 0.3) is 6.08 Å². The summed E-state index contributed by atoms with van der Waals surface area (Å²) >= 11 is 0. The number of ether oxygens (including phenoxy) is 1.